The van der Waals surface area contributed by atoms with Crippen molar-refractivity contribution in [2.75, 3.05) is 0 Å². The van der Waals surface area contributed by atoms with E-state index in [0.717, 1.165) is 0 Å². The van der Waals surface area contributed by atoms with Gasteiger partial charge in [0.25, 0.3) is 0 Å². The maximum absolute atomic E-state index is 13.3. The van der Waals surface area contributed by atoms with Crippen molar-refractivity contribution in [3.8, 4) is 0 Å². The summed E-state index contributed by atoms with van der Waals surface area (Å²) in [6.07, 6.45) is 0. The maximum atomic E-state index is 13.3. The third-order valence-electron chi connectivity index (χ3n) is 3.91. The molecule has 0 aliphatic heterocycles. The number of hydrogen-bond acceptors (Lipinski definition) is 2. The van der Waals surface area contributed by atoms with Gasteiger partial charge in [0.15, 0.2) is 0 Å². The van der Waals surface area contributed by atoms with E-state index in [2.05, 4.69) is 2.50 Å². The van der Waals surface area contributed by atoms with Gasteiger partial charge in [0.05, 0.1) is 0 Å². The van der Waals surface area contributed by atoms with Gasteiger partial charge < -0.3 is 0 Å². The fraction of sp³-hybridized carbons (Fsp3) is 0.0526. The molecule has 8 heteroatoms. The Bertz CT molecular complexity index is 965. The molecule has 0 saturated carbocycles. The second-order valence-electron chi connectivity index (χ2n) is 5.64. The summed E-state index contributed by atoms with van der Waals surface area (Å²) in [5.41, 5.74) is -5.45. The van der Waals surface area contributed by atoms with Crippen LogP contribution in [-0.2, 0) is 10.0 Å². The Labute approximate surface area is 159 Å². The van der Waals surface area contributed by atoms with E-state index >= 15 is 0 Å². The van der Waals surface area contributed by atoms with Gasteiger partial charge in [0.1, 0.15) is 0 Å². The third kappa shape index (κ3) is 3.85. The van der Waals surface area contributed by atoms with Crippen molar-refractivity contribution in [2.24, 2.45) is 2.50 Å². The zero-order chi connectivity index (χ0) is 19.5. The molecule has 3 rings (SSSR count). The first-order chi connectivity index (χ1) is 12.8. The minimum absolute atomic E-state index is 0.515. The first kappa shape index (κ1) is 19.8. The average molecular weight is 500 g/mol. The SMILES string of the molecule is O=S(=O)([N]=[Sb]([c]1ccccc1)([c]1ccccc1)[c]1ccccc1)C(F)(F)F. The van der Waals surface area contributed by atoms with Crippen LogP contribution >= 0.6 is 0 Å². The van der Waals surface area contributed by atoms with Crippen molar-refractivity contribution in [3.63, 3.8) is 0 Å². The van der Waals surface area contributed by atoms with Crippen LogP contribution in [0.4, 0.5) is 13.2 Å². The van der Waals surface area contributed by atoms with Gasteiger partial charge in [-0.15, -0.1) is 0 Å². The molecule has 0 unspecified atom stereocenters. The van der Waals surface area contributed by atoms with Gasteiger partial charge in [-0.2, -0.15) is 0 Å². The van der Waals surface area contributed by atoms with Gasteiger partial charge in [-0.3, -0.25) is 0 Å². The molecule has 0 fully saturated rings. The monoisotopic (exact) mass is 499 g/mol. The number of alkyl halides is 3. The van der Waals surface area contributed by atoms with Crippen LogP contribution in [0.2, 0.25) is 0 Å². The Morgan fingerprint density at radius 1 is 0.630 bits per heavy atom. The van der Waals surface area contributed by atoms with Crippen LogP contribution in [0.15, 0.2) is 93.5 Å². The van der Waals surface area contributed by atoms with E-state index in [1.807, 2.05) is 0 Å². The molecule has 3 aromatic rings. The van der Waals surface area contributed by atoms with Crippen molar-refractivity contribution < 1.29 is 21.6 Å². The zero-order valence-corrected chi connectivity index (χ0v) is 17.3. The van der Waals surface area contributed by atoms with Crippen molar-refractivity contribution >= 4 is 39.2 Å². The van der Waals surface area contributed by atoms with Crippen molar-refractivity contribution in [2.45, 2.75) is 5.51 Å². The van der Waals surface area contributed by atoms with E-state index in [1.165, 1.54) is 0 Å². The Hall–Kier alpha value is -1.98. The van der Waals surface area contributed by atoms with E-state index in [9.17, 15) is 21.6 Å². The molecule has 0 spiro atoms. The number of rotatable bonds is 4. The van der Waals surface area contributed by atoms with Crippen molar-refractivity contribution in [1.82, 2.24) is 0 Å². The van der Waals surface area contributed by atoms with Crippen molar-refractivity contribution in [1.29, 1.82) is 0 Å². The number of nitrogens with zero attached hydrogens (tertiary/aromatic N) is 1. The molecule has 140 valence electrons. The Morgan fingerprint density at radius 2 is 0.926 bits per heavy atom. The molecule has 0 saturated heterocycles. The van der Waals surface area contributed by atoms with Crippen LogP contribution in [0.1, 0.15) is 0 Å². The van der Waals surface area contributed by atoms with Crippen LogP contribution in [0.25, 0.3) is 0 Å². The molecule has 0 heterocycles. The second-order valence-corrected chi connectivity index (χ2v) is 16.7. The zero-order valence-electron chi connectivity index (χ0n) is 13.9. The molecule has 27 heavy (non-hydrogen) atoms. The standard InChI is InChI=1S/3C6H5.CF3NO2S.Sb/c3*1-2-4-6-5-3-1;2-1(3,4)8(5,6)7;/h3*1-5H;;. The summed E-state index contributed by atoms with van der Waals surface area (Å²) in [4.78, 5) is 0. The van der Waals surface area contributed by atoms with Gasteiger partial charge in [0, 0.05) is 0 Å². The third-order valence-corrected chi connectivity index (χ3v) is 17.8. The fourth-order valence-electron chi connectivity index (χ4n) is 2.73. The molecule has 0 aliphatic rings. The first-order valence-electron chi connectivity index (χ1n) is 7.89. The van der Waals surface area contributed by atoms with Crippen molar-refractivity contribution in [3.05, 3.63) is 91.0 Å². The van der Waals surface area contributed by atoms with Crippen LogP contribution in [-0.4, -0.2) is 32.6 Å². The summed E-state index contributed by atoms with van der Waals surface area (Å²) in [7, 11) is -5.69. The molecule has 0 aliphatic carbocycles. The van der Waals surface area contributed by atoms with Crippen LogP contribution in [0.3, 0.4) is 0 Å². The average Bonchev–Trinajstić information content (AvgIpc) is 2.67. The molecule has 0 atom stereocenters. The van der Waals surface area contributed by atoms with Crippen LogP contribution < -0.4 is 10.5 Å². The van der Waals surface area contributed by atoms with E-state index in [1.54, 1.807) is 91.0 Å². The minimum atomic E-state index is -5.69. The summed E-state index contributed by atoms with van der Waals surface area (Å²) in [6.45, 7) is 0. The first-order valence-corrected chi connectivity index (χ1v) is 14.3. The number of benzene rings is 3. The quantitative estimate of drug-likeness (QED) is 0.518. The van der Waals surface area contributed by atoms with E-state index in [0.29, 0.717) is 10.5 Å². The van der Waals surface area contributed by atoms with Crippen LogP contribution in [0.5, 0.6) is 0 Å². The normalized spacial score (nSPS) is 12.6. The predicted molar refractivity (Wildman–Crippen MR) is 101 cm³/mol. The van der Waals surface area contributed by atoms with Gasteiger partial charge >= 0.3 is 160 Å². The summed E-state index contributed by atoms with van der Waals surface area (Å²) in [5.74, 6) is 0. The number of hydrogen-bond donors (Lipinski definition) is 0. The van der Waals surface area contributed by atoms with E-state index in [4.69, 9.17) is 0 Å². The van der Waals surface area contributed by atoms with E-state index in [-0.39, 0.29) is 0 Å². The molecular weight excluding hydrogens is 485 g/mol. The molecule has 0 amide bonds. The van der Waals surface area contributed by atoms with Gasteiger partial charge in [-0.25, -0.2) is 0 Å². The summed E-state index contributed by atoms with van der Waals surface area (Å²) in [5, 5.41) is 0. The Balaban J connectivity index is 2.53. The second kappa shape index (κ2) is 7.56. The van der Waals surface area contributed by atoms with Gasteiger partial charge in [0.2, 0.25) is 0 Å². The molecule has 0 aromatic heterocycles. The van der Waals surface area contributed by atoms with Crippen LogP contribution in [0, 0.1) is 0 Å². The summed E-state index contributed by atoms with van der Waals surface area (Å²) >= 11 is -4.73. The Morgan fingerprint density at radius 3 is 1.19 bits per heavy atom. The summed E-state index contributed by atoms with van der Waals surface area (Å²) < 4.78 is 69.3. The number of halogens is 3. The topological polar surface area (TPSA) is 46.5 Å². The number of sulfonamides is 1. The Kier molecular flexibility index (Phi) is 5.54. The fourth-order valence-corrected chi connectivity index (χ4v) is 17.1. The molecule has 0 bridgehead atoms. The van der Waals surface area contributed by atoms with Gasteiger partial charge in [-0.1, -0.05) is 0 Å². The summed E-state index contributed by atoms with van der Waals surface area (Å²) in [6, 6.07) is 25.2. The van der Waals surface area contributed by atoms with Gasteiger partial charge in [-0.05, 0) is 0 Å². The molecule has 3 aromatic carbocycles. The predicted octanol–water partition coefficient (Wildman–Crippen LogP) is 2.77. The molecule has 0 radical (unpaired) electrons. The molecule has 3 nitrogen and oxygen atoms in total. The molecule has 0 N–H and O–H groups in total. The van der Waals surface area contributed by atoms with E-state index < -0.39 is 34.2 Å². The molecular formula is C19H15F3NO2SSb.